The summed E-state index contributed by atoms with van der Waals surface area (Å²) in [5.74, 6) is 1.30. The van der Waals surface area contributed by atoms with Crippen LogP contribution in [0.3, 0.4) is 0 Å². The zero-order valence-corrected chi connectivity index (χ0v) is 25.2. The molecule has 1 aliphatic carbocycles. The molecule has 3 aromatic rings. The summed E-state index contributed by atoms with van der Waals surface area (Å²) in [6.45, 7) is 4.99. The number of benzene rings is 3. The van der Waals surface area contributed by atoms with Crippen LogP contribution in [-0.2, 0) is 6.42 Å². The Morgan fingerprint density at radius 2 is 1.86 bits per heavy atom. The average molecular weight is 611 g/mol. The number of para-hydroxylation sites is 1. The van der Waals surface area contributed by atoms with Crippen molar-refractivity contribution in [1.29, 1.82) is 0 Å². The third-order valence-electron chi connectivity index (χ3n) is 7.50. The molecule has 0 unspecified atom stereocenters. The Bertz CT molecular complexity index is 1410. The van der Waals surface area contributed by atoms with Gasteiger partial charge in [-0.2, -0.15) is 0 Å². The van der Waals surface area contributed by atoms with Crippen molar-refractivity contribution in [3.63, 3.8) is 0 Å². The van der Waals surface area contributed by atoms with Gasteiger partial charge in [0.05, 0.1) is 9.95 Å². The Kier molecular flexibility index (Phi) is 10.8. The summed E-state index contributed by atoms with van der Waals surface area (Å²) in [6.07, 6.45) is 4.45. The number of aliphatic hydroxyl groups excluding tert-OH is 1. The van der Waals surface area contributed by atoms with Crippen LogP contribution in [-0.4, -0.2) is 47.3 Å². The number of hydrogen-bond acceptors (Lipinski definition) is 8. The van der Waals surface area contributed by atoms with Gasteiger partial charge in [0.1, 0.15) is 30.0 Å². The van der Waals surface area contributed by atoms with Gasteiger partial charge < -0.3 is 30.9 Å². The van der Waals surface area contributed by atoms with Crippen LogP contribution >= 0.6 is 11.6 Å². The lowest BCUT2D eigenvalue weighted by atomic mass is 9.94. The number of primary amides is 1. The normalized spacial score (nSPS) is 14.3. The van der Waals surface area contributed by atoms with Gasteiger partial charge in [-0.05, 0) is 81.0 Å². The predicted molar refractivity (Wildman–Crippen MR) is 167 cm³/mol. The number of carbonyl (C=O) groups excluding carboxylic acids is 1. The van der Waals surface area contributed by atoms with E-state index in [1.165, 1.54) is 25.0 Å². The number of nitrogens with two attached hydrogens (primary N) is 1. The van der Waals surface area contributed by atoms with E-state index in [9.17, 15) is 20.0 Å². The van der Waals surface area contributed by atoms with E-state index in [0.717, 1.165) is 18.4 Å². The largest absolute Gasteiger partial charge is 0.488 e. The fraction of sp³-hybridized carbons (Fsp3) is 0.406. The van der Waals surface area contributed by atoms with E-state index in [1.807, 2.05) is 38.1 Å². The summed E-state index contributed by atoms with van der Waals surface area (Å²) in [6, 6.07) is 16.9. The highest BCUT2D eigenvalue weighted by atomic mass is 35.5. The lowest BCUT2D eigenvalue weighted by molar-refractivity contribution is -0.384. The third-order valence-corrected chi connectivity index (χ3v) is 7.80. The van der Waals surface area contributed by atoms with Crippen molar-refractivity contribution in [3.8, 4) is 17.2 Å². The number of β-amino-alcohol motifs (C(OH)–C–C–N with tert-alkyl or cyclic N) is 1. The highest BCUT2D eigenvalue weighted by Crippen LogP contribution is 2.36. The van der Waals surface area contributed by atoms with Crippen LogP contribution < -0.4 is 25.8 Å². The molecule has 0 radical (unpaired) electrons. The van der Waals surface area contributed by atoms with Crippen LogP contribution in [0.2, 0.25) is 5.02 Å². The third kappa shape index (κ3) is 9.31. The fourth-order valence-electron chi connectivity index (χ4n) is 5.18. The number of ether oxygens (including phenoxy) is 2. The lowest BCUT2D eigenvalue weighted by Gasteiger charge is -2.28. The first-order chi connectivity index (χ1) is 20.5. The van der Waals surface area contributed by atoms with Crippen LogP contribution in [0, 0.1) is 16.0 Å². The Hall–Kier alpha value is -3.86. The molecular weight excluding hydrogens is 572 g/mol. The minimum Gasteiger partial charge on any atom is -0.488 e. The van der Waals surface area contributed by atoms with E-state index in [2.05, 4.69) is 10.6 Å². The Labute approximate surface area is 256 Å². The molecule has 1 atom stereocenters. The summed E-state index contributed by atoms with van der Waals surface area (Å²) in [5.41, 5.74) is 6.62. The first-order valence-electron chi connectivity index (χ1n) is 14.4. The van der Waals surface area contributed by atoms with Gasteiger partial charge in [-0.1, -0.05) is 42.6 Å². The molecule has 3 aromatic carbocycles. The predicted octanol–water partition coefficient (Wildman–Crippen LogP) is 6.09. The van der Waals surface area contributed by atoms with Gasteiger partial charge in [0.2, 0.25) is 5.91 Å². The van der Waals surface area contributed by atoms with Crippen molar-refractivity contribution in [2.24, 2.45) is 11.7 Å². The summed E-state index contributed by atoms with van der Waals surface area (Å²) in [4.78, 5) is 22.6. The molecule has 0 heterocycles. The van der Waals surface area contributed by atoms with E-state index in [4.69, 9.17) is 26.8 Å². The highest BCUT2D eigenvalue weighted by Gasteiger charge is 2.23. The number of carbonyl (C=O) groups is 1. The highest BCUT2D eigenvalue weighted by molar-refractivity contribution is 6.32. The standard InChI is InChI=1S/C32H39ClN4O6/c1-32(2,17-21-10-13-25(14-11-21)43-28-15-12-23(31(34)39)16-26(28)33)36-19-24(38)20-42-29-9-5-8-27(37(40)41)30(29)35-18-22-6-3-4-7-22/h5,8-16,22,24,35-36,38H,3-4,6-7,17-20H2,1-2H3,(H2,34,39)/t24-/m0/s1. The molecule has 10 nitrogen and oxygen atoms in total. The van der Waals surface area contributed by atoms with E-state index in [-0.39, 0.29) is 29.4 Å². The van der Waals surface area contributed by atoms with E-state index < -0.39 is 16.9 Å². The van der Waals surface area contributed by atoms with Crippen molar-refractivity contribution in [1.82, 2.24) is 5.32 Å². The minimum absolute atomic E-state index is 0.0165. The van der Waals surface area contributed by atoms with Crippen molar-refractivity contribution >= 4 is 28.9 Å². The maximum Gasteiger partial charge on any atom is 0.296 e. The van der Waals surface area contributed by atoms with Crippen LogP contribution in [0.5, 0.6) is 17.2 Å². The van der Waals surface area contributed by atoms with Gasteiger partial charge in [-0.3, -0.25) is 14.9 Å². The molecule has 1 aliphatic rings. The second-order valence-corrected chi connectivity index (χ2v) is 12.0. The first kappa shape index (κ1) is 32.1. The molecule has 0 aromatic heterocycles. The zero-order valence-electron chi connectivity index (χ0n) is 24.5. The molecule has 1 saturated carbocycles. The Balaban J connectivity index is 1.28. The number of amides is 1. The topological polar surface area (TPSA) is 149 Å². The number of rotatable bonds is 15. The number of nitro benzene ring substituents is 1. The van der Waals surface area contributed by atoms with Crippen LogP contribution in [0.25, 0.3) is 0 Å². The molecule has 5 N–H and O–H groups in total. The molecule has 1 fully saturated rings. The fourth-order valence-corrected chi connectivity index (χ4v) is 5.40. The second-order valence-electron chi connectivity index (χ2n) is 11.6. The molecular formula is C32H39ClN4O6. The number of anilines is 1. The van der Waals surface area contributed by atoms with E-state index >= 15 is 0 Å². The van der Waals surface area contributed by atoms with E-state index in [0.29, 0.717) is 47.4 Å². The van der Waals surface area contributed by atoms with Crippen molar-refractivity contribution in [2.45, 2.75) is 57.6 Å². The summed E-state index contributed by atoms with van der Waals surface area (Å²) < 4.78 is 11.7. The van der Waals surface area contributed by atoms with Crippen molar-refractivity contribution in [3.05, 3.63) is 86.9 Å². The number of nitrogens with one attached hydrogen (secondary N) is 2. The van der Waals surface area contributed by atoms with Crippen LogP contribution in [0.4, 0.5) is 11.4 Å². The van der Waals surface area contributed by atoms with Gasteiger partial charge in [-0.15, -0.1) is 0 Å². The van der Waals surface area contributed by atoms with Crippen LogP contribution in [0.1, 0.15) is 55.5 Å². The monoisotopic (exact) mass is 610 g/mol. The lowest BCUT2D eigenvalue weighted by Crippen LogP contribution is -2.46. The van der Waals surface area contributed by atoms with Crippen molar-refractivity contribution in [2.75, 3.05) is 25.0 Å². The van der Waals surface area contributed by atoms with Gasteiger partial charge in [-0.25, -0.2) is 0 Å². The molecule has 43 heavy (non-hydrogen) atoms. The van der Waals surface area contributed by atoms with Crippen molar-refractivity contribution < 1.29 is 24.3 Å². The number of nitro groups is 1. The second kappa shape index (κ2) is 14.5. The Morgan fingerprint density at radius 1 is 1.14 bits per heavy atom. The number of halogens is 1. The molecule has 11 heteroatoms. The van der Waals surface area contributed by atoms with Gasteiger partial charge >= 0.3 is 0 Å². The SMILES string of the molecule is CC(C)(Cc1ccc(Oc2ccc(C(N)=O)cc2Cl)cc1)NC[C@H](O)COc1cccc([N+](=O)[O-])c1NCC1CCCC1. The van der Waals surface area contributed by atoms with Gasteiger partial charge in [0.15, 0.2) is 5.69 Å². The maximum atomic E-state index is 11.6. The maximum absolute atomic E-state index is 11.6. The molecule has 1 amide bonds. The van der Waals surface area contributed by atoms with E-state index in [1.54, 1.807) is 24.3 Å². The molecule has 0 spiro atoms. The molecule has 0 saturated heterocycles. The Morgan fingerprint density at radius 3 is 2.51 bits per heavy atom. The molecule has 230 valence electrons. The minimum atomic E-state index is -0.831. The summed E-state index contributed by atoms with van der Waals surface area (Å²) >= 11 is 6.22. The van der Waals surface area contributed by atoms with Crippen LogP contribution in [0.15, 0.2) is 60.7 Å². The first-order valence-corrected chi connectivity index (χ1v) is 14.8. The summed E-state index contributed by atoms with van der Waals surface area (Å²) in [7, 11) is 0. The number of aliphatic hydroxyl groups is 1. The zero-order chi connectivity index (χ0) is 31.0. The number of hydrogen-bond donors (Lipinski definition) is 4. The molecule has 0 bridgehead atoms. The quantitative estimate of drug-likeness (QED) is 0.119. The van der Waals surface area contributed by atoms with Gasteiger partial charge in [0.25, 0.3) is 5.69 Å². The van der Waals surface area contributed by atoms with Gasteiger partial charge in [0, 0.05) is 30.3 Å². The average Bonchev–Trinajstić information content (AvgIpc) is 3.49. The number of nitrogens with zero attached hydrogens (tertiary/aromatic N) is 1. The smallest absolute Gasteiger partial charge is 0.296 e. The molecule has 0 aliphatic heterocycles. The molecule has 4 rings (SSSR count). The summed E-state index contributed by atoms with van der Waals surface area (Å²) in [5, 5.41) is 29.2.